The highest BCUT2D eigenvalue weighted by Gasteiger charge is 2.10. The number of rotatable bonds is 3. The number of nitrogens with one attached hydrogen (secondary N) is 1. The van der Waals surface area contributed by atoms with Gasteiger partial charge in [0.05, 0.1) is 10.2 Å². The Morgan fingerprint density at radius 1 is 1.41 bits per heavy atom. The minimum absolute atomic E-state index is 0.0427. The van der Waals surface area contributed by atoms with Crippen LogP contribution in [-0.4, -0.2) is 29.6 Å². The van der Waals surface area contributed by atoms with Crippen LogP contribution in [0.15, 0.2) is 29.1 Å². The zero-order chi connectivity index (χ0) is 12.4. The molecule has 2 rings (SSSR count). The second-order valence-corrected chi connectivity index (χ2v) is 4.84. The molecule has 2 aromatic rings. The summed E-state index contributed by atoms with van der Waals surface area (Å²) in [6.45, 7) is 0.0427. The van der Waals surface area contributed by atoms with E-state index in [0.29, 0.717) is 0 Å². The molecule has 0 bridgehead atoms. The summed E-state index contributed by atoms with van der Waals surface area (Å²) >= 11 is 1.15. The summed E-state index contributed by atoms with van der Waals surface area (Å²) in [6, 6.07) is 7.45. The predicted octanol–water partition coefficient (Wildman–Crippen LogP) is 0.656. The predicted molar refractivity (Wildman–Crippen MR) is 67.9 cm³/mol. The Balaban J connectivity index is 2.32. The van der Waals surface area contributed by atoms with Crippen LogP contribution in [0.4, 0.5) is 0 Å². The number of carbonyl (C=O) groups excluding carboxylic acids is 1. The van der Waals surface area contributed by atoms with Crippen molar-refractivity contribution in [3.63, 3.8) is 0 Å². The lowest BCUT2D eigenvalue weighted by atomic mass is 10.3. The number of thiazole rings is 1. The summed E-state index contributed by atoms with van der Waals surface area (Å²) in [5.74, 6) is -0.208. The molecule has 0 saturated carbocycles. The van der Waals surface area contributed by atoms with E-state index in [-0.39, 0.29) is 17.3 Å². The number of hydrazine groups is 1. The van der Waals surface area contributed by atoms with E-state index in [4.69, 9.17) is 0 Å². The van der Waals surface area contributed by atoms with Gasteiger partial charge in [-0.3, -0.25) is 19.6 Å². The number of amides is 1. The van der Waals surface area contributed by atoms with Crippen LogP contribution in [0, 0.1) is 0 Å². The first-order chi connectivity index (χ1) is 8.08. The maximum absolute atomic E-state index is 11.7. The molecule has 0 unspecified atom stereocenters. The molecule has 0 saturated heterocycles. The van der Waals surface area contributed by atoms with E-state index in [2.05, 4.69) is 5.43 Å². The molecule has 6 heteroatoms. The fraction of sp³-hybridized carbons (Fsp3) is 0.273. The van der Waals surface area contributed by atoms with E-state index in [0.717, 1.165) is 21.6 Å². The second kappa shape index (κ2) is 4.68. The number of fused-ring (bicyclic) bond motifs is 1. The van der Waals surface area contributed by atoms with E-state index >= 15 is 0 Å². The minimum atomic E-state index is -0.208. The summed E-state index contributed by atoms with van der Waals surface area (Å²) in [5.41, 5.74) is 3.41. The van der Waals surface area contributed by atoms with Crippen molar-refractivity contribution in [2.75, 3.05) is 14.1 Å². The van der Waals surface area contributed by atoms with Gasteiger partial charge in [-0.25, -0.2) is 5.01 Å². The zero-order valence-electron chi connectivity index (χ0n) is 9.64. The minimum Gasteiger partial charge on any atom is -0.289 e. The van der Waals surface area contributed by atoms with Gasteiger partial charge in [0.2, 0.25) is 0 Å². The van der Waals surface area contributed by atoms with E-state index in [1.165, 1.54) is 4.57 Å². The lowest BCUT2D eigenvalue weighted by Crippen LogP contribution is -2.39. The summed E-state index contributed by atoms with van der Waals surface area (Å²) in [7, 11) is 3.46. The number of benzene rings is 1. The van der Waals surface area contributed by atoms with Crippen molar-refractivity contribution in [3.8, 4) is 0 Å². The van der Waals surface area contributed by atoms with Crippen LogP contribution in [0.5, 0.6) is 0 Å². The third kappa shape index (κ3) is 2.54. The smallest absolute Gasteiger partial charge is 0.289 e. The van der Waals surface area contributed by atoms with Crippen molar-refractivity contribution >= 4 is 27.5 Å². The number of aromatic nitrogens is 1. The van der Waals surface area contributed by atoms with Gasteiger partial charge in [0.1, 0.15) is 6.54 Å². The zero-order valence-corrected chi connectivity index (χ0v) is 10.5. The summed E-state index contributed by atoms with van der Waals surface area (Å²) < 4.78 is 2.38. The van der Waals surface area contributed by atoms with Crippen molar-refractivity contribution in [1.29, 1.82) is 0 Å². The molecule has 0 aliphatic carbocycles. The normalized spacial score (nSPS) is 11.0. The van der Waals surface area contributed by atoms with E-state index in [9.17, 15) is 9.59 Å². The molecule has 0 aliphatic rings. The molecular weight excluding hydrogens is 238 g/mol. The van der Waals surface area contributed by atoms with Gasteiger partial charge in [0.25, 0.3) is 5.91 Å². The van der Waals surface area contributed by atoms with Crippen molar-refractivity contribution in [2.24, 2.45) is 0 Å². The van der Waals surface area contributed by atoms with Gasteiger partial charge in [-0.15, -0.1) is 0 Å². The standard InChI is InChI=1S/C11H13N3O2S/c1-13(2)12-10(15)7-14-8-5-3-4-6-9(8)17-11(14)16/h3-6H,7H2,1-2H3,(H,12,15). The molecule has 0 radical (unpaired) electrons. The summed E-state index contributed by atoms with van der Waals surface area (Å²) in [4.78, 5) is 23.2. The van der Waals surface area contributed by atoms with Crippen LogP contribution in [0.2, 0.25) is 0 Å². The van der Waals surface area contributed by atoms with Crippen molar-refractivity contribution in [1.82, 2.24) is 15.0 Å². The highest BCUT2D eigenvalue weighted by molar-refractivity contribution is 7.16. The fourth-order valence-corrected chi connectivity index (χ4v) is 2.48. The number of carbonyl (C=O) groups is 1. The molecule has 1 amide bonds. The van der Waals surface area contributed by atoms with Crippen LogP contribution in [0.3, 0.4) is 0 Å². The van der Waals surface area contributed by atoms with Gasteiger partial charge in [-0.2, -0.15) is 0 Å². The van der Waals surface area contributed by atoms with Crippen molar-refractivity contribution in [2.45, 2.75) is 6.54 Å². The monoisotopic (exact) mass is 251 g/mol. The Labute approximate surface area is 102 Å². The highest BCUT2D eigenvalue weighted by Crippen LogP contribution is 2.15. The average Bonchev–Trinajstić information content (AvgIpc) is 2.55. The number of hydrogen-bond donors (Lipinski definition) is 1. The van der Waals surface area contributed by atoms with E-state index < -0.39 is 0 Å². The number of nitrogens with zero attached hydrogens (tertiary/aromatic N) is 2. The molecule has 0 fully saturated rings. The maximum Gasteiger partial charge on any atom is 0.308 e. The molecule has 0 spiro atoms. The molecule has 5 nitrogen and oxygen atoms in total. The third-order valence-corrected chi connectivity index (χ3v) is 3.18. The SMILES string of the molecule is CN(C)NC(=O)Cn1c(=O)sc2ccccc21. The first kappa shape index (κ1) is 11.8. The van der Waals surface area contributed by atoms with Gasteiger partial charge in [-0.05, 0) is 12.1 Å². The topological polar surface area (TPSA) is 54.3 Å². The number of para-hydroxylation sites is 1. The van der Waals surface area contributed by atoms with Crippen LogP contribution in [0.25, 0.3) is 10.2 Å². The molecule has 17 heavy (non-hydrogen) atoms. The second-order valence-electron chi connectivity index (χ2n) is 3.85. The molecule has 1 heterocycles. The maximum atomic E-state index is 11.7. The van der Waals surface area contributed by atoms with Crippen LogP contribution in [0.1, 0.15) is 0 Å². The summed E-state index contributed by atoms with van der Waals surface area (Å²) in [6.07, 6.45) is 0. The van der Waals surface area contributed by atoms with E-state index in [1.54, 1.807) is 19.1 Å². The summed E-state index contributed by atoms with van der Waals surface area (Å²) in [5, 5.41) is 1.56. The number of hydrogen-bond acceptors (Lipinski definition) is 4. The average molecular weight is 251 g/mol. The van der Waals surface area contributed by atoms with Crippen LogP contribution >= 0.6 is 11.3 Å². The molecule has 0 atom stereocenters. The lowest BCUT2D eigenvalue weighted by molar-refractivity contribution is -0.125. The highest BCUT2D eigenvalue weighted by atomic mass is 32.1. The van der Waals surface area contributed by atoms with Crippen molar-refractivity contribution < 1.29 is 4.79 Å². The Bertz CT molecular complexity index is 600. The quantitative estimate of drug-likeness (QED) is 0.815. The van der Waals surface area contributed by atoms with E-state index in [1.807, 2.05) is 24.3 Å². The van der Waals surface area contributed by atoms with Crippen molar-refractivity contribution in [3.05, 3.63) is 33.9 Å². The Hall–Kier alpha value is -1.66. The Kier molecular flexibility index (Phi) is 3.26. The van der Waals surface area contributed by atoms with Crippen LogP contribution < -0.4 is 10.3 Å². The van der Waals surface area contributed by atoms with Gasteiger partial charge >= 0.3 is 4.87 Å². The lowest BCUT2D eigenvalue weighted by Gasteiger charge is -2.11. The van der Waals surface area contributed by atoms with Gasteiger partial charge in [0, 0.05) is 14.1 Å². The third-order valence-electron chi connectivity index (χ3n) is 2.22. The first-order valence-electron chi connectivity index (χ1n) is 5.13. The fourth-order valence-electron chi connectivity index (χ4n) is 1.59. The van der Waals surface area contributed by atoms with Gasteiger partial charge in [0.15, 0.2) is 0 Å². The van der Waals surface area contributed by atoms with Gasteiger partial charge < -0.3 is 0 Å². The molecule has 1 N–H and O–H groups in total. The molecular formula is C11H13N3O2S. The molecule has 0 aliphatic heterocycles. The molecule has 1 aromatic carbocycles. The Morgan fingerprint density at radius 2 is 2.12 bits per heavy atom. The molecule has 1 aromatic heterocycles. The largest absolute Gasteiger partial charge is 0.308 e. The van der Waals surface area contributed by atoms with Crippen LogP contribution in [-0.2, 0) is 11.3 Å². The first-order valence-corrected chi connectivity index (χ1v) is 5.95. The van der Waals surface area contributed by atoms with Gasteiger partial charge in [-0.1, -0.05) is 23.5 Å². The Morgan fingerprint density at radius 3 is 2.82 bits per heavy atom. The molecule has 90 valence electrons.